The minimum absolute atomic E-state index is 0.0996. The lowest BCUT2D eigenvalue weighted by atomic mass is 9.97. The summed E-state index contributed by atoms with van der Waals surface area (Å²) in [5.74, 6) is -0.0996. The highest BCUT2D eigenvalue weighted by molar-refractivity contribution is 5.84. The first kappa shape index (κ1) is 17.7. The van der Waals surface area contributed by atoms with Crippen LogP contribution in [0.1, 0.15) is 51.0 Å². The molecule has 5 heteroatoms. The van der Waals surface area contributed by atoms with Crippen molar-refractivity contribution in [2.24, 2.45) is 0 Å². The molecule has 1 atom stereocenters. The zero-order chi connectivity index (χ0) is 17.6. The number of pyridine rings is 1. The lowest BCUT2D eigenvalue weighted by Crippen LogP contribution is -2.38. The molecule has 0 radical (unpaired) electrons. The Bertz CT molecular complexity index is 778. The molecule has 3 rings (SSSR count). The molecule has 1 amide bonds. The summed E-state index contributed by atoms with van der Waals surface area (Å²) in [7, 11) is 0. The number of carbonyl (C=O) groups excluding carboxylic acids is 1. The summed E-state index contributed by atoms with van der Waals surface area (Å²) in [5, 5.41) is 3.89. The SMILES string of the molecule is CC[C@@H](OC1CCCCC1)C(=O)NCc1cc(=O)[nH]c2ccccc12. The van der Waals surface area contributed by atoms with Crippen molar-refractivity contribution in [3.05, 3.63) is 46.2 Å². The van der Waals surface area contributed by atoms with Gasteiger partial charge in [-0.25, -0.2) is 0 Å². The van der Waals surface area contributed by atoms with Crippen molar-refractivity contribution in [1.82, 2.24) is 10.3 Å². The molecule has 0 bridgehead atoms. The number of nitrogens with one attached hydrogen (secondary N) is 2. The van der Waals surface area contributed by atoms with Crippen LogP contribution in [0, 0.1) is 0 Å². The van der Waals surface area contributed by atoms with Crippen molar-refractivity contribution < 1.29 is 9.53 Å². The standard InChI is InChI=1S/C20H26N2O3/c1-2-18(25-15-8-4-3-5-9-15)20(24)21-13-14-12-19(23)22-17-11-7-6-10-16(14)17/h6-7,10-12,15,18H,2-5,8-9,13H2,1H3,(H,21,24)(H,22,23)/t18-/m1/s1. The van der Waals surface area contributed by atoms with Crippen LogP contribution in [0.2, 0.25) is 0 Å². The van der Waals surface area contributed by atoms with E-state index in [9.17, 15) is 9.59 Å². The molecule has 2 N–H and O–H groups in total. The van der Waals surface area contributed by atoms with Gasteiger partial charge in [-0.15, -0.1) is 0 Å². The van der Waals surface area contributed by atoms with Gasteiger partial charge in [0.1, 0.15) is 6.10 Å². The maximum absolute atomic E-state index is 12.5. The lowest BCUT2D eigenvalue weighted by molar-refractivity contribution is -0.138. The van der Waals surface area contributed by atoms with E-state index in [0.29, 0.717) is 13.0 Å². The molecule has 1 fully saturated rings. The Hall–Kier alpha value is -2.14. The molecular formula is C20H26N2O3. The number of fused-ring (bicyclic) bond motifs is 1. The summed E-state index contributed by atoms with van der Waals surface area (Å²) in [5.41, 5.74) is 1.44. The van der Waals surface area contributed by atoms with Crippen molar-refractivity contribution in [3.63, 3.8) is 0 Å². The summed E-state index contributed by atoms with van der Waals surface area (Å²) in [6, 6.07) is 9.16. The quantitative estimate of drug-likeness (QED) is 0.846. The fraction of sp³-hybridized carbons (Fsp3) is 0.500. The normalized spacial score (nSPS) is 16.7. The monoisotopic (exact) mass is 342 g/mol. The van der Waals surface area contributed by atoms with E-state index >= 15 is 0 Å². The number of amides is 1. The van der Waals surface area contributed by atoms with E-state index < -0.39 is 6.10 Å². The minimum Gasteiger partial charge on any atom is -0.365 e. The third-order valence-electron chi connectivity index (χ3n) is 4.86. The van der Waals surface area contributed by atoms with Crippen molar-refractivity contribution in [2.75, 3.05) is 0 Å². The average molecular weight is 342 g/mol. The zero-order valence-electron chi connectivity index (χ0n) is 14.7. The summed E-state index contributed by atoms with van der Waals surface area (Å²) >= 11 is 0. The van der Waals surface area contributed by atoms with Crippen LogP contribution in [0.25, 0.3) is 10.9 Å². The number of rotatable bonds is 6. The second-order valence-electron chi connectivity index (χ2n) is 6.72. The van der Waals surface area contributed by atoms with Crippen LogP contribution in [-0.2, 0) is 16.1 Å². The van der Waals surface area contributed by atoms with Gasteiger partial charge in [-0.2, -0.15) is 0 Å². The summed E-state index contributed by atoms with van der Waals surface area (Å²) in [6.07, 6.45) is 6.14. The van der Waals surface area contributed by atoms with Gasteiger partial charge in [0.25, 0.3) is 0 Å². The Kier molecular flexibility index (Phi) is 5.87. The molecule has 5 nitrogen and oxygen atoms in total. The highest BCUT2D eigenvalue weighted by Crippen LogP contribution is 2.22. The molecule has 1 aromatic carbocycles. The van der Waals surface area contributed by atoms with Gasteiger partial charge in [0.2, 0.25) is 11.5 Å². The van der Waals surface area contributed by atoms with Crippen molar-refractivity contribution in [2.45, 2.75) is 64.2 Å². The molecule has 1 aromatic heterocycles. The van der Waals surface area contributed by atoms with Gasteiger partial charge in [0.15, 0.2) is 0 Å². The smallest absolute Gasteiger partial charge is 0.249 e. The number of para-hydroxylation sites is 1. The number of aromatic amines is 1. The number of aromatic nitrogens is 1. The molecule has 0 unspecified atom stereocenters. The summed E-state index contributed by atoms with van der Waals surface area (Å²) < 4.78 is 6.02. The molecule has 134 valence electrons. The third-order valence-corrected chi connectivity index (χ3v) is 4.86. The average Bonchev–Trinajstić information content (AvgIpc) is 2.64. The first-order chi connectivity index (χ1) is 12.2. The molecule has 0 saturated heterocycles. The van der Waals surface area contributed by atoms with E-state index in [4.69, 9.17) is 4.74 Å². The first-order valence-electron chi connectivity index (χ1n) is 9.21. The minimum atomic E-state index is -0.420. The zero-order valence-corrected chi connectivity index (χ0v) is 14.7. The van der Waals surface area contributed by atoms with E-state index in [-0.39, 0.29) is 17.6 Å². The summed E-state index contributed by atoms with van der Waals surface area (Å²) in [6.45, 7) is 2.30. The summed E-state index contributed by atoms with van der Waals surface area (Å²) in [4.78, 5) is 27.1. The fourth-order valence-corrected chi connectivity index (χ4v) is 3.50. The van der Waals surface area contributed by atoms with Crippen LogP contribution in [0.3, 0.4) is 0 Å². The Morgan fingerprint density at radius 1 is 1.28 bits per heavy atom. The number of hydrogen-bond donors (Lipinski definition) is 2. The van der Waals surface area contributed by atoms with Crippen LogP contribution >= 0.6 is 0 Å². The fourth-order valence-electron chi connectivity index (χ4n) is 3.50. The van der Waals surface area contributed by atoms with Crippen LogP contribution < -0.4 is 10.9 Å². The lowest BCUT2D eigenvalue weighted by Gasteiger charge is -2.26. The molecule has 1 aliphatic carbocycles. The number of H-pyrrole nitrogens is 1. The Morgan fingerprint density at radius 3 is 2.80 bits per heavy atom. The van der Waals surface area contributed by atoms with Crippen LogP contribution in [0.4, 0.5) is 0 Å². The van der Waals surface area contributed by atoms with Crippen molar-refractivity contribution in [3.8, 4) is 0 Å². The third kappa shape index (κ3) is 4.48. The van der Waals surface area contributed by atoms with Gasteiger partial charge in [-0.05, 0) is 30.9 Å². The second kappa shape index (κ2) is 8.30. The van der Waals surface area contributed by atoms with Gasteiger partial charge in [0, 0.05) is 23.5 Å². The maximum Gasteiger partial charge on any atom is 0.249 e. The molecular weight excluding hydrogens is 316 g/mol. The number of hydrogen-bond acceptors (Lipinski definition) is 3. The predicted molar refractivity (Wildman–Crippen MR) is 98.5 cm³/mol. The molecule has 0 aliphatic heterocycles. The predicted octanol–water partition coefficient (Wildman–Crippen LogP) is 3.27. The molecule has 25 heavy (non-hydrogen) atoms. The second-order valence-corrected chi connectivity index (χ2v) is 6.72. The van der Waals surface area contributed by atoms with Crippen LogP contribution in [0.15, 0.2) is 35.1 Å². The Labute approximate surface area is 147 Å². The molecule has 1 aliphatic rings. The van der Waals surface area contributed by atoms with Gasteiger partial charge in [-0.1, -0.05) is 44.4 Å². The molecule has 1 heterocycles. The largest absolute Gasteiger partial charge is 0.365 e. The maximum atomic E-state index is 12.5. The van der Waals surface area contributed by atoms with E-state index in [1.807, 2.05) is 31.2 Å². The first-order valence-corrected chi connectivity index (χ1v) is 9.21. The van der Waals surface area contributed by atoms with Crippen molar-refractivity contribution in [1.29, 1.82) is 0 Å². The van der Waals surface area contributed by atoms with Crippen molar-refractivity contribution >= 4 is 16.8 Å². The van der Waals surface area contributed by atoms with Crippen LogP contribution in [-0.4, -0.2) is 23.1 Å². The highest BCUT2D eigenvalue weighted by Gasteiger charge is 2.23. The van der Waals surface area contributed by atoms with E-state index in [2.05, 4.69) is 10.3 Å². The van der Waals surface area contributed by atoms with Gasteiger partial charge in [0.05, 0.1) is 6.10 Å². The molecule has 2 aromatic rings. The molecule has 1 saturated carbocycles. The topological polar surface area (TPSA) is 71.2 Å². The Morgan fingerprint density at radius 2 is 2.04 bits per heavy atom. The van der Waals surface area contributed by atoms with E-state index in [0.717, 1.165) is 29.3 Å². The van der Waals surface area contributed by atoms with E-state index in [1.165, 1.54) is 19.3 Å². The number of ether oxygens (including phenoxy) is 1. The van der Waals surface area contributed by atoms with Gasteiger partial charge in [-0.3, -0.25) is 9.59 Å². The van der Waals surface area contributed by atoms with Gasteiger partial charge < -0.3 is 15.0 Å². The van der Waals surface area contributed by atoms with E-state index in [1.54, 1.807) is 6.07 Å². The van der Waals surface area contributed by atoms with Gasteiger partial charge >= 0.3 is 0 Å². The Balaban J connectivity index is 1.65. The number of carbonyl (C=O) groups is 1. The van der Waals surface area contributed by atoms with Crippen LogP contribution in [0.5, 0.6) is 0 Å². The highest BCUT2D eigenvalue weighted by atomic mass is 16.5. The molecule has 0 spiro atoms. The number of benzene rings is 1.